The van der Waals surface area contributed by atoms with Gasteiger partial charge in [-0.25, -0.2) is 4.79 Å². The second kappa shape index (κ2) is 11.6. The fourth-order valence-electron chi connectivity index (χ4n) is 2.66. The van der Waals surface area contributed by atoms with E-state index >= 15 is 0 Å². The van der Waals surface area contributed by atoms with Gasteiger partial charge < -0.3 is 15.2 Å². The van der Waals surface area contributed by atoms with E-state index in [0.29, 0.717) is 12.0 Å². The van der Waals surface area contributed by atoms with Gasteiger partial charge in [-0.05, 0) is 12.0 Å². The molecule has 2 N–H and O–H groups in total. The molecule has 1 rings (SSSR count). The van der Waals surface area contributed by atoms with Gasteiger partial charge >= 0.3 is 5.97 Å². The number of ether oxygens (including phenoxy) is 1. The molecule has 0 heterocycles. The number of methoxy groups -OCH3 is 1. The van der Waals surface area contributed by atoms with Crippen LogP contribution in [0.4, 0.5) is 0 Å². The lowest BCUT2D eigenvalue weighted by atomic mass is 10.0. The van der Waals surface area contributed by atoms with Crippen LogP contribution in [0.1, 0.15) is 63.5 Å². The van der Waals surface area contributed by atoms with Crippen molar-refractivity contribution in [2.24, 2.45) is 0 Å². The summed E-state index contributed by atoms with van der Waals surface area (Å²) in [5, 5.41) is 11.9. The van der Waals surface area contributed by atoms with E-state index < -0.39 is 24.0 Å². The molecule has 0 unspecified atom stereocenters. The molecule has 0 aromatic heterocycles. The molecule has 0 saturated carbocycles. The molecule has 2 atom stereocenters. The normalized spacial score (nSPS) is 13.2. The highest BCUT2D eigenvalue weighted by molar-refractivity contribution is 5.87. The number of amides is 1. The first-order chi connectivity index (χ1) is 11.6. The fraction of sp³-hybridized carbons (Fsp3) is 0.579. The molecular weight excluding hydrogens is 306 g/mol. The zero-order valence-corrected chi connectivity index (χ0v) is 14.7. The summed E-state index contributed by atoms with van der Waals surface area (Å²) < 4.78 is 5.24. The van der Waals surface area contributed by atoms with Crippen molar-refractivity contribution in [1.82, 2.24) is 5.32 Å². The first-order valence-corrected chi connectivity index (χ1v) is 8.71. The summed E-state index contributed by atoms with van der Waals surface area (Å²) in [5.74, 6) is -1.41. The Bertz CT molecular complexity index is 489. The average molecular weight is 335 g/mol. The Morgan fingerprint density at radius 1 is 1.08 bits per heavy atom. The van der Waals surface area contributed by atoms with Gasteiger partial charge in [0.05, 0.1) is 0 Å². The van der Waals surface area contributed by atoms with E-state index in [4.69, 9.17) is 4.74 Å². The Kier molecular flexibility index (Phi) is 9.77. The van der Waals surface area contributed by atoms with Gasteiger partial charge in [-0.1, -0.05) is 75.8 Å². The van der Waals surface area contributed by atoms with Crippen LogP contribution in [0.15, 0.2) is 30.3 Å². The van der Waals surface area contributed by atoms with Crippen molar-refractivity contribution in [1.29, 1.82) is 0 Å². The minimum absolute atomic E-state index is 0.415. The molecule has 0 radical (unpaired) electrons. The van der Waals surface area contributed by atoms with Gasteiger partial charge in [0.1, 0.15) is 6.04 Å². The molecule has 0 aliphatic carbocycles. The van der Waals surface area contributed by atoms with E-state index in [-0.39, 0.29) is 0 Å². The standard InChI is InChI=1S/C19H29NO4/c1-3-4-5-6-7-11-14-16(19(22)23)20-18(21)17(24-2)15-12-9-8-10-13-15/h8-10,12-13,16-17H,3-7,11,14H2,1-2H3,(H,20,21)(H,22,23)/t16-,17+/m1/s1. The van der Waals surface area contributed by atoms with Crippen LogP contribution in [-0.2, 0) is 14.3 Å². The maximum absolute atomic E-state index is 12.4. The van der Waals surface area contributed by atoms with Gasteiger partial charge in [0, 0.05) is 7.11 Å². The number of carbonyl (C=O) groups is 2. The lowest BCUT2D eigenvalue weighted by molar-refractivity contribution is -0.144. The fourth-order valence-corrected chi connectivity index (χ4v) is 2.66. The van der Waals surface area contributed by atoms with Crippen molar-refractivity contribution in [3.05, 3.63) is 35.9 Å². The summed E-state index contributed by atoms with van der Waals surface area (Å²) in [6.07, 6.45) is 6.13. The number of hydrogen-bond donors (Lipinski definition) is 2. The predicted molar refractivity (Wildman–Crippen MR) is 93.8 cm³/mol. The van der Waals surface area contributed by atoms with E-state index in [1.807, 2.05) is 18.2 Å². The first-order valence-electron chi connectivity index (χ1n) is 8.71. The van der Waals surface area contributed by atoms with Crippen LogP contribution in [0, 0.1) is 0 Å². The van der Waals surface area contributed by atoms with Crippen LogP contribution in [0.2, 0.25) is 0 Å². The van der Waals surface area contributed by atoms with Crippen molar-refractivity contribution in [2.75, 3.05) is 7.11 Å². The number of aliphatic carboxylic acids is 1. The number of carboxylic acid groups (broad SMARTS) is 1. The lowest BCUT2D eigenvalue weighted by Crippen LogP contribution is -2.43. The number of carbonyl (C=O) groups excluding carboxylic acids is 1. The van der Waals surface area contributed by atoms with E-state index in [0.717, 1.165) is 19.3 Å². The second-order valence-corrected chi connectivity index (χ2v) is 5.98. The molecule has 0 bridgehead atoms. The Morgan fingerprint density at radius 3 is 2.29 bits per heavy atom. The maximum atomic E-state index is 12.4. The minimum atomic E-state index is -1.00. The lowest BCUT2D eigenvalue weighted by Gasteiger charge is -2.19. The van der Waals surface area contributed by atoms with Gasteiger partial charge in [-0.15, -0.1) is 0 Å². The summed E-state index contributed by atoms with van der Waals surface area (Å²) in [6, 6.07) is 8.20. The maximum Gasteiger partial charge on any atom is 0.326 e. The van der Waals surface area contributed by atoms with Crippen molar-refractivity contribution < 1.29 is 19.4 Å². The Labute approximate surface area is 144 Å². The van der Waals surface area contributed by atoms with Gasteiger partial charge in [-0.3, -0.25) is 4.79 Å². The zero-order chi connectivity index (χ0) is 17.8. The van der Waals surface area contributed by atoms with E-state index in [9.17, 15) is 14.7 Å². The number of unbranched alkanes of at least 4 members (excludes halogenated alkanes) is 5. The number of rotatable bonds is 12. The van der Waals surface area contributed by atoms with E-state index in [1.165, 1.54) is 26.4 Å². The van der Waals surface area contributed by atoms with E-state index in [2.05, 4.69) is 12.2 Å². The van der Waals surface area contributed by atoms with Crippen LogP contribution < -0.4 is 5.32 Å². The number of benzene rings is 1. The van der Waals surface area contributed by atoms with Crippen LogP contribution >= 0.6 is 0 Å². The van der Waals surface area contributed by atoms with Gasteiger partial charge in [0.15, 0.2) is 6.10 Å². The molecule has 0 aliphatic heterocycles. The highest BCUT2D eigenvalue weighted by Crippen LogP contribution is 2.17. The Hall–Kier alpha value is -1.88. The zero-order valence-electron chi connectivity index (χ0n) is 14.7. The molecule has 134 valence electrons. The molecule has 5 heteroatoms. The van der Waals surface area contributed by atoms with Crippen molar-refractivity contribution in [3.8, 4) is 0 Å². The average Bonchev–Trinajstić information content (AvgIpc) is 2.58. The third-order valence-electron chi connectivity index (χ3n) is 4.04. The number of nitrogens with one attached hydrogen (secondary N) is 1. The van der Waals surface area contributed by atoms with Crippen LogP contribution in [0.3, 0.4) is 0 Å². The molecule has 5 nitrogen and oxygen atoms in total. The minimum Gasteiger partial charge on any atom is -0.480 e. The molecule has 0 spiro atoms. The highest BCUT2D eigenvalue weighted by atomic mass is 16.5. The van der Waals surface area contributed by atoms with E-state index in [1.54, 1.807) is 12.1 Å². The third kappa shape index (κ3) is 7.13. The van der Waals surface area contributed by atoms with Crippen molar-refractivity contribution in [3.63, 3.8) is 0 Å². The quantitative estimate of drug-likeness (QED) is 0.571. The predicted octanol–water partition coefficient (Wildman–Crippen LogP) is 3.69. The molecule has 24 heavy (non-hydrogen) atoms. The van der Waals surface area contributed by atoms with Crippen molar-refractivity contribution in [2.45, 2.75) is 64.0 Å². The van der Waals surface area contributed by atoms with Crippen LogP contribution in [-0.4, -0.2) is 30.1 Å². The molecule has 0 saturated heterocycles. The summed E-state index contributed by atoms with van der Waals surface area (Å²) in [4.78, 5) is 23.8. The smallest absolute Gasteiger partial charge is 0.326 e. The van der Waals surface area contributed by atoms with Crippen molar-refractivity contribution >= 4 is 11.9 Å². The Balaban J connectivity index is 2.51. The second-order valence-electron chi connectivity index (χ2n) is 5.98. The monoisotopic (exact) mass is 335 g/mol. The van der Waals surface area contributed by atoms with Crippen LogP contribution in [0.25, 0.3) is 0 Å². The summed E-state index contributed by atoms with van der Waals surface area (Å²) >= 11 is 0. The highest BCUT2D eigenvalue weighted by Gasteiger charge is 2.25. The molecule has 0 fully saturated rings. The van der Waals surface area contributed by atoms with Crippen LogP contribution in [0.5, 0.6) is 0 Å². The Morgan fingerprint density at radius 2 is 1.71 bits per heavy atom. The number of carboxylic acids is 1. The molecule has 1 aromatic carbocycles. The molecule has 0 aliphatic rings. The summed E-state index contributed by atoms with van der Waals surface area (Å²) in [5.41, 5.74) is 0.709. The summed E-state index contributed by atoms with van der Waals surface area (Å²) in [6.45, 7) is 2.16. The first kappa shape index (κ1) is 20.2. The SMILES string of the molecule is CCCCCCCC[C@@H](NC(=O)[C@@H](OC)c1ccccc1)C(=O)O. The van der Waals surface area contributed by atoms with Gasteiger partial charge in [0.2, 0.25) is 0 Å². The molecule has 1 amide bonds. The topological polar surface area (TPSA) is 75.6 Å². The molecule has 1 aromatic rings. The van der Waals surface area contributed by atoms with Gasteiger partial charge in [0.25, 0.3) is 5.91 Å². The van der Waals surface area contributed by atoms with Gasteiger partial charge in [-0.2, -0.15) is 0 Å². The third-order valence-corrected chi connectivity index (χ3v) is 4.04. The number of hydrogen-bond acceptors (Lipinski definition) is 3. The summed E-state index contributed by atoms with van der Waals surface area (Å²) in [7, 11) is 1.45. The molecular formula is C19H29NO4. The largest absolute Gasteiger partial charge is 0.480 e.